The molecular weight excluding hydrogens is 685 g/mol. The predicted molar refractivity (Wildman–Crippen MR) is 255 cm³/mol. The molecule has 0 heteroatoms. The van der Waals surface area contributed by atoms with Crippen molar-refractivity contribution < 1.29 is 0 Å². The van der Waals surface area contributed by atoms with Crippen LogP contribution in [0.4, 0.5) is 0 Å². The molecule has 0 aromatic carbocycles. The molecule has 0 N–H and O–H groups in total. The van der Waals surface area contributed by atoms with Crippen LogP contribution in [0, 0.1) is 142 Å². The number of hydrogen-bond acceptors (Lipinski definition) is 0. The van der Waals surface area contributed by atoms with Crippen LogP contribution in [0.3, 0.4) is 0 Å². The van der Waals surface area contributed by atoms with Crippen molar-refractivity contribution in [1.29, 1.82) is 0 Å². The minimum absolute atomic E-state index is 0. The Morgan fingerprint density at radius 2 is 0.333 bits per heavy atom. The van der Waals surface area contributed by atoms with Crippen molar-refractivity contribution >= 4 is 0 Å². The van der Waals surface area contributed by atoms with Crippen LogP contribution in [0.15, 0.2) is 0 Å². The molecule has 0 aromatic rings. The third kappa shape index (κ3) is 12.1. The fraction of sp³-hybridized carbons (Fsp3) is 1.00. The fourth-order valence-electron chi connectivity index (χ4n) is 17.0. The zero-order chi connectivity index (χ0) is 41.2. The maximum Gasteiger partial charge on any atom is -0.0334 e. The van der Waals surface area contributed by atoms with Crippen LogP contribution in [-0.4, -0.2) is 0 Å². The van der Waals surface area contributed by atoms with Gasteiger partial charge in [-0.1, -0.05) is 118 Å². The zero-order valence-corrected chi connectivity index (χ0v) is 41.2. The first-order valence-corrected chi connectivity index (χ1v) is 26.4. The Morgan fingerprint density at radius 3 is 0.421 bits per heavy atom. The lowest BCUT2D eigenvalue weighted by Crippen LogP contribution is -2.31. The molecule has 0 nitrogen and oxygen atoms in total. The summed E-state index contributed by atoms with van der Waals surface area (Å²) in [7, 11) is 0. The van der Waals surface area contributed by atoms with Crippen LogP contribution in [0.25, 0.3) is 0 Å². The molecule has 0 aliphatic heterocycles. The third-order valence-corrected chi connectivity index (χ3v) is 19.7. The summed E-state index contributed by atoms with van der Waals surface area (Å²) >= 11 is 0. The van der Waals surface area contributed by atoms with Crippen molar-refractivity contribution in [3.63, 3.8) is 0 Å². The summed E-state index contributed by atoms with van der Waals surface area (Å²) in [5, 5.41) is 0. The predicted octanol–water partition coefficient (Wildman–Crippen LogP) is 18.0. The summed E-state index contributed by atoms with van der Waals surface area (Å²) in [4.78, 5) is 0. The third-order valence-electron chi connectivity index (χ3n) is 19.7. The first kappa shape index (κ1) is 49.7. The molecule has 8 aliphatic rings. The standard InChI is InChI=1S/4C14H26.CH4/c4*1-9(2)13-7-11-5-6-12(8-13)14(11)10(3)4;/h4*9-14H,5-8H2,1-4H3;1H4. The number of hydrogen-bond donors (Lipinski definition) is 0. The summed E-state index contributed by atoms with van der Waals surface area (Å²) in [6.45, 7) is 38.8. The average molecular weight is 793 g/mol. The topological polar surface area (TPSA) is 0 Å². The van der Waals surface area contributed by atoms with E-state index >= 15 is 0 Å². The van der Waals surface area contributed by atoms with Gasteiger partial charge in [0.1, 0.15) is 0 Å². The van der Waals surface area contributed by atoms with Gasteiger partial charge < -0.3 is 0 Å². The summed E-state index contributed by atoms with van der Waals surface area (Å²) in [5.41, 5.74) is 0. The van der Waals surface area contributed by atoms with E-state index < -0.39 is 0 Å². The first-order valence-electron chi connectivity index (χ1n) is 26.4. The Morgan fingerprint density at radius 1 is 0.211 bits per heavy atom. The molecule has 0 amide bonds. The number of rotatable bonds is 8. The summed E-state index contributed by atoms with van der Waals surface area (Å²) < 4.78 is 0. The van der Waals surface area contributed by atoms with Gasteiger partial charge in [0.15, 0.2) is 0 Å². The Labute approximate surface area is 361 Å². The molecule has 8 rings (SSSR count). The second kappa shape index (κ2) is 21.9. The van der Waals surface area contributed by atoms with Crippen LogP contribution in [-0.2, 0) is 0 Å². The van der Waals surface area contributed by atoms with E-state index in [2.05, 4.69) is 111 Å². The van der Waals surface area contributed by atoms with Gasteiger partial charge in [-0.25, -0.2) is 0 Å². The second-order valence-electron chi connectivity index (χ2n) is 25.6. The Bertz CT molecular complexity index is 889. The van der Waals surface area contributed by atoms with E-state index in [9.17, 15) is 0 Å². The molecule has 0 heterocycles. The number of fused-ring (bicyclic) bond motifs is 8. The quantitative estimate of drug-likeness (QED) is 0.230. The highest BCUT2D eigenvalue weighted by atomic mass is 14.5. The zero-order valence-electron chi connectivity index (χ0n) is 41.2. The van der Waals surface area contributed by atoms with Gasteiger partial charge in [0.2, 0.25) is 0 Å². The van der Waals surface area contributed by atoms with E-state index in [-0.39, 0.29) is 7.43 Å². The van der Waals surface area contributed by atoms with E-state index in [0.717, 1.165) is 142 Å². The van der Waals surface area contributed by atoms with Crippen molar-refractivity contribution in [3.05, 3.63) is 0 Å². The van der Waals surface area contributed by atoms with Gasteiger partial charge in [0.25, 0.3) is 0 Å². The Hall–Kier alpha value is 0. The minimum atomic E-state index is 0. The van der Waals surface area contributed by atoms with Crippen LogP contribution >= 0.6 is 0 Å². The SMILES string of the molecule is C.CC(C)C1CC2CCC(C1)C2C(C)C.CC(C)C1CC2CCC(C1)C2C(C)C.CC(C)C1CC2CCC(C1)C2C(C)C.CC(C)C1CC2CCC(C1)C2C(C)C. The average Bonchev–Trinajstić information content (AvgIpc) is 3.76. The van der Waals surface area contributed by atoms with Gasteiger partial charge in [-0.15, -0.1) is 0 Å². The Balaban J connectivity index is 0.000000167. The molecule has 0 spiro atoms. The molecule has 8 aliphatic carbocycles. The minimum Gasteiger partial charge on any atom is -0.0776 e. The first-order chi connectivity index (χ1) is 26.4. The fourth-order valence-corrected chi connectivity index (χ4v) is 17.0. The van der Waals surface area contributed by atoms with Gasteiger partial charge in [0.05, 0.1) is 0 Å². The second-order valence-corrected chi connectivity index (χ2v) is 25.6. The van der Waals surface area contributed by atoms with E-state index in [1.165, 1.54) is 103 Å². The lowest BCUT2D eigenvalue weighted by molar-refractivity contribution is 0.103. The summed E-state index contributed by atoms with van der Waals surface area (Å²) in [6.07, 6.45) is 24.6. The maximum atomic E-state index is 2.44. The van der Waals surface area contributed by atoms with Crippen molar-refractivity contribution in [2.24, 2.45) is 142 Å². The van der Waals surface area contributed by atoms with E-state index in [4.69, 9.17) is 0 Å². The molecule has 8 unspecified atom stereocenters. The van der Waals surface area contributed by atoms with Gasteiger partial charge in [-0.2, -0.15) is 0 Å². The monoisotopic (exact) mass is 793 g/mol. The van der Waals surface area contributed by atoms with Crippen LogP contribution in [0.2, 0.25) is 0 Å². The van der Waals surface area contributed by atoms with Gasteiger partial charge in [-0.05, 0) is 245 Å². The largest absolute Gasteiger partial charge is 0.0776 e. The maximum absolute atomic E-state index is 2.44. The van der Waals surface area contributed by atoms with Gasteiger partial charge >= 0.3 is 0 Å². The molecule has 0 saturated heterocycles. The highest BCUT2D eigenvalue weighted by molar-refractivity contribution is 4.97. The van der Waals surface area contributed by atoms with Crippen LogP contribution in [0.5, 0.6) is 0 Å². The smallest absolute Gasteiger partial charge is 0.0334 e. The van der Waals surface area contributed by atoms with Crippen molar-refractivity contribution in [2.45, 2.75) is 221 Å². The Kier molecular flexibility index (Phi) is 19.1. The molecule has 336 valence electrons. The van der Waals surface area contributed by atoms with Crippen LogP contribution in [0.1, 0.15) is 221 Å². The summed E-state index contributed by atoms with van der Waals surface area (Å²) in [5.74, 6) is 24.6. The molecule has 57 heavy (non-hydrogen) atoms. The van der Waals surface area contributed by atoms with E-state index in [1.807, 2.05) is 0 Å². The van der Waals surface area contributed by atoms with Crippen molar-refractivity contribution in [2.75, 3.05) is 0 Å². The lowest BCUT2D eigenvalue weighted by Gasteiger charge is -2.39. The molecule has 0 radical (unpaired) electrons. The molecule has 0 aromatic heterocycles. The van der Waals surface area contributed by atoms with Gasteiger partial charge in [0, 0.05) is 0 Å². The van der Waals surface area contributed by atoms with E-state index in [0.29, 0.717) is 0 Å². The lowest BCUT2D eigenvalue weighted by atomic mass is 9.66. The van der Waals surface area contributed by atoms with Gasteiger partial charge in [-0.3, -0.25) is 0 Å². The van der Waals surface area contributed by atoms with E-state index in [1.54, 1.807) is 0 Å². The molecule has 8 fully saturated rings. The molecule has 8 atom stereocenters. The summed E-state index contributed by atoms with van der Waals surface area (Å²) in [6, 6.07) is 0. The highest BCUT2D eigenvalue weighted by Gasteiger charge is 2.47. The molecular formula is C57H108. The molecule has 8 saturated carbocycles. The van der Waals surface area contributed by atoms with Crippen molar-refractivity contribution in [3.8, 4) is 0 Å². The molecule has 8 bridgehead atoms. The van der Waals surface area contributed by atoms with Crippen LogP contribution < -0.4 is 0 Å². The normalized spacial score (nSPS) is 41.7. The highest BCUT2D eigenvalue weighted by Crippen LogP contribution is 2.56. The van der Waals surface area contributed by atoms with Crippen molar-refractivity contribution in [1.82, 2.24) is 0 Å².